The lowest BCUT2D eigenvalue weighted by molar-refractivity contribution is 0.343. The van der Waals surface area contributed by atoms with Crippen molar-refractivity contribution in [3.63, 3.8) is 0 Å². The summed E-state index contributed by atoms with van der Waals surface area (Å²) in [7, 11) is 1.45. The first-order valence-corrected chi connectivity index (χ1v) is 6.87. The van der Waals surface area contributed by atoms with Crippen molar-refractivity contribution in [2.24, 2.45) is 5.92 Å². The molecule has 0 radical (unpaired) electrons. The minimum atomic E-state index is -0.338. The van der Waals surface area contributed by atoms with Gasteiger partial charge in [-0.1, -0.05) is 0 Å². The summed E-state index contributed by atoms with van der Waals surface area (Å²) in [5.41, 5.74) is 0.457. The van der Waals surface area contributed by atoms with Crippen molar-refractivity contribution in [2.45, 2.75) is 19.3 Å². The second kappa shape index (κ2) is 5.89. The lowest BCUT2D eigenvalue weighted by atomic mass is 9.91. The van der Waals surface area contributed by atoms with Gasteiger partial charge in [-0.05, 0) is 54.2 Å². The van der Waals surface area contributed by atoms with Crippen LogP contribution in [0.15, 0.2) is 10.5 Å². The number of nitrogens with one attached hydrogen (secondary N) is 1. The molecular formula is C13H17BrFNO2. The van der Waals surface area contributed by atoms with Crippen molar-refractivity contribution < 1.29 is 14.2 Å². The number of benzene rings is 1. The maximum atomic E-state index is 14.1. The van der Waals surface area contributed by atoms with Crippen LogP contribution in [0.2, 0.25) is 0 Å². The van der Waals surface area contributed by atoms with Gasteiger partial charge < -0.3 is 15.2 Å². The van der Waals surface area contributed by atoms with E-state index in [0.29, 0.717) is 17.9 Å². The average molecular weight is 318 g/mol. The van der Waals surface area contributed by atoms with E-state index < -0.39 is 0 Å². The smallest absolute Gasteiger partial charge is 0.166 e. The molecule has 1 aliphatic heterocycles. The molecule has 0 amide bonds. The standard InChI is InChI=1S/C13H17BrFNO2/c1-18-13-9(5-8-3-2-4-16-7-8)12(15)10(14)6-11(13)17/h6,8,16-17H,2-5,7H2,1H3. The van der Waals surface area contributed by atoms with Crippen LogP contribution in [-0.2, 0) is 6.42 Å². The Morgan fingerprint density at radius 1 is 1.61 bits per heavy atom. The Labute approximate surface area is 114 Å². The Bertz CT molecular complexity index is 433. The number of phenolic OH excluding ortho intramolecular Hbond substituents is 1. The summed E-state index contributed by atoms with van der Waals surface area (Å²) in [6.45, 7) is 1.91. The lowest BCUT2D eigenvalue weighted by Crippen LogP contribution is -2.31. The Kier molecular flexibility index (Phi) is 4.45. The highest BCUT2D eigenvalue weighted by Crippen LogP contribution is 2.38. The van der Waals surface area contributed by atoms with Gasteiger partial charge in [-0.2, -0.15) is 0 Å². The van der Waals surface area contributed by atoms with Gasteiger partial charge in [0.1, 0.15) is 5.82 Å². The Balaban J connectivity index is 2.29. The van der Waals surface area contributed by atoms with Crippen LogP contribution in [0.5, 0.6) is 11.5 Å². The number of aromatic hydroxyl groups is 1. The van der Waals surface area contributed by atoms with Crippen LogP contribution < -0.4 is 10.1 Å². The summed E-state index contributed by atoms with van der Waals surface area (Å²) in [6.07, 6.45) is 2.76. The zero-order chi connectivity index (χ0) is 13.1. The fourth-order valence-corrected chi connectivity index (χ4v) is 2.90. The second-order valence-corrected chi connectivity index (χ2v) is 5.47. The fourth-order valence-electron chi connectivity index (χ4n) is 2.44. The summed E-state index contributed by atoms with van der Waals surface area (Å²) in [5.74, 6) is 0.275. The van der Waals surface area contributed by atoms with Crippen molar-refractivity contribution in [3.8, 4) is 11.5 Å². The van der Waals surface area contributed by atoms with Crippen LogP contribution in [0.1, 0.15) is 18.4 Å². The maximum Gasteiger partial charge on any atom is 0.166 e. The molecule has 0 bridgehead atoms. The number of halogens is 2. The number of rotatable bonds is 3. The van der Waals surface area contributed by atoms with E-state index in [1.807, 2.05) is 0 Å². The van der Waals surface area contributed by atoms with Crippen LogP contribution in [0, 0.1) is 11.7 Å². The summed E-state index contributed by atoms with van der Waals surface area (Å²) in [4.78, 5) is 0. The van der Waals surface area contributed by atoms with Crippen molar-refractivity contribution in [2.75, 3.05) is 20.2 Å². The highest BCUT2D eigenvalue weighted by molar-refractivity contribution is 9.10. The second-order valence-electron chi connectivity index (χ2n) is 4.62. The molecule has 1 atom stereocenters. The van der Waals surface area contributed by atoms with Gasteiger partial charge in [0.05, 0.1) is 11.6 Å². The van der Waals surface area contributed by atoms with Crippen molar-refractivity contribution in [3.05, 3.63) is 21.9 Å². The molecule has 5 heteroatoms. The van der Waals surface area contributed by atoms with Crippen molar-refractivity contribution >= 4 is 15.9 Å². The van der Waals surface area contributed by atoms with Crippen LogP contribution in [-0.4, -0.2) is 25.3 Å². The highest BCUT2D eigenvalue weighted by Gasteiger charge is 2.22. The number of hydrogen-bond donors (Lipinski definition) is 2. The van der Waals surface area contributed by atoms with Crippen LogP contribution in [0.3, 0.4) is 0 Å². The van der Waals surface area contributed by atoms with Crippen molar-refractivity contribution in [1.29, 1.82) is 0 Å². The first-order chi connectivity index (χ1) is 8.63. The molecule has 1 aromatic carbocycles. The SMILES string of the molecule is COc1c(O)cc(Br)c(F)c1CC1CCCNC1. The third-order valence-corrected chi connectivity index (χ3v) is 3.92. The monoisotopic (exact) mass is 317 g/mol. The summed E-state index contributed by atoms with van der Waals surface area (Å²) in [6, 6.07) is 1.33. The van der Waals surface area contributed by atoms with Gasteiger partial charge in [0.15, 0.2) is 11.5 Å². The zero-order valence-corrected chi connectivity index (χ0v) is 11.9. The normalized spacial score (nSPS) is 19.8. The first-order valence-electron chi connectivity index (χ1n) is 6.08. The van der Waals surface area contributed by atoms with E-state index in [-0.39, 0.29) is 21.8 Å². The summed E-state index contributed by atoms with van der Waals surface area (Å²) < 4.78 is 19.5. The number of piperidine rings is 1. The molecule has 0 aliphatic carbocycles. The predicted octanol–water partition coefficient (Wildman–Crippen LogP) is 2.84. The van der Waals surface area contributed by atoms with E-state index in [4.69, 9.17) is 4.74 Å². The van der Waals surface area contributed by atoms with Crippen LogP contribution in [0.25, 0.3) is 0 Å². The fraction of sp³-hybridized carbons (Fsp3) is 0.538. The summed E-state index contributed by atoms with van der Waals surface area (Å²) in [5, 5.41) is 13.1. The average Bonchev–Trinajstić information content (AvgIpc) is 2.37. The molecule has 1 unspecified atom stereocenters. The number of methoxy groups -OCH3 is 1. The van der Waals surface area contributed by atoms with E-state index >= 15 is 0 Å². The van der Waals surface area contributed by atoms with E-state index in [1.165, 1.54) is 13.2 Å². The topological polar surface area (TPSA) is 41.5 Å². The maximum absolute atomic E-state index is 14.1. The molecule has 0 saturated carbocycles. The molecule has 100 valence electrons. The quantitative estimate of drug-likeness (QED) is 0.900. The van der Waals surface area contributed by atoms with Crippen molar-refractivity contribution in [1.82, 2.24) is 5.32 Å². The molecule has 1 aromatic rings. The Morgan fingerprint density at radius 2 is 2.39 bits per heavy atom. The Morgan fingerprint density at radius 3 is 3.00 bits per heavy atom. The van der Waals surface area contributed by atoms with Crippen LogP contribution >= 0.6 is 15.9 Å². The molecule has 0 spiro atoms. The highest BCUT2D eigenvalue weighted by atomic mass is 79.9. The van der Waals surface area contributed by atoms with Gasteiger partial charge in [0.2, 0.25) is 0 Å². The largest absolute Gasteiger partial charge is 0.504 e. The van der Waals surface area contributed by atoms with Gasteiger partial charge in [-0.3, -0.25) is 0 Å². The van der Waals surface area contributed by atoms with Gasteiger partial charge >= 0.3 is 0 Å². The molecule has 1 aliphatic rings. The molecule has 3 nitrogen and oxygen atoms in total. The zero-order valence-electron chi connectivity index (χ0n) is 10.3. The number of phenols is 1. The van der Waals surface area contributed by atoms with E-state index in [0.717, 1.165) is 25.9 Å². The Hall–Kier alpha value is -0.810. The third-order valence-electron chi connectivity index (χ3n) is 3.34. The number of ether oxygens (including phenoxy) is 1. The molecule has 1 fully saturated rings. The molecular weight excluding hydrogens is 301 g/mol. The third kappa shape index (κ3) is 2.78. The molecule has 0 aromatic heterocycles. The first kappa shape index (κ1) is 13.6. The summed E-state index contributed by atoms with van der Waals surface area (Å²) >= 11 is 3.12. The van der Waals surface area contributed by atoms with Gasteiger partial charge in [-0.15, -0.1) is 0 Å². The van der Waals surface area contributed by atoms with Gasteiger partial charge in [0.25, 0.3) is 0 Å². The molecule has 1 heterocycles. The van der Waals surface area contributed by atoms with Gasteiger partial charge in [0, 0.05) is 11.6 Å². The van der Waals surface area contributed by atoms with E-state index in [1.54, 1.807) is 0 Å². The van der Waals surface area contributed by atoms with E-state index in [9.17, 15) is 9.50 Å². The predicted molar refractivity (Wildman–Crippen MR) is 71.6 cm³/mol. The molecule has 18 heavy (non-hydrogen) atoms. The van der Waals surface area contributed by atoms with Gasteiger partial charge in [-0.25, -0.2) is 4.39 Å². The molecule has 2 N–H and O–H groups in total. The molecule has 1 saturated heterocycles. The minimum absolute atomic E-state index is 0.0236. The molecule has 2 rings (SSSR count). The van der Waals surface area contributed by atoms with Crippen LogP contribution in [0.4, 0.5) is 4.39 Å². The number of hydrogen-bond acceptors (Lipinski definition) is 3. The lowest BCUT2D eigenvalue weighted by Gasteiger charge is -2.24. The van der Waals surface area contributed by atoms with E-state index in [2.05, 4.69) is 21.2 Å². The minimum Gasteiger partial charge on any atom is -0.504 e.